The average molecular weight is 416 g/mol. The lowest BCUT2D eigenvalue weighted by molar-refractivity contribution is 0.0931. The van der Waals surface area contributed by atoms with Gasteiger partial charge in [-0.15, -0.1) is 0 Å². The Morgan fingerprint density at radius 2 is 1.71 bits per heavy atom. The van der Waals surface area contributed by atoms with Crippen LogP contribution in [0.5, 0.6) is 11.5 Å². The van der Waals surface area contributed by atoms with Crippen molar-refractivity contribution in [2.75, 3.05) is 6.61 Å². The molecule has 0 fully saturated rings. The Labute approximate surface area is 181 Å². The highest BCUT2D eigenvalue weighted by Crippen LogP contribution is 2.38. The first-order valence-electron chi connectivity index (χ1n) is 10.1. The topological polar surface area (TPSA) is 91.5 Å². The summed E-state index contributed by atoms with van der Waals surface area (Å²) in [5, 5.41) is 0. The molecule has 0 spiro atoms. The zero-order valence-electron chi connectivity index (χ0n) is 17.8. The fourth-order valence-electron chi connectivity index (χ4n) is 3.88. The quantitative estimate of drug-likeness (QED) is 0.672. The van der Waals surface area contributed by atoms with Gasteiger partial charge in [0.2, 0.25) is 5.91 Å². The number of carbonyl (C=O) groups is 2. The van der Waals surface area contributed by atoms with Crippen molar-refractivity contribution in [3.8, 4) is 11.5 Å². The lowest BCUT2D eigenvalue weighted by Crippen LogP contribution is -2.17. The van der Waals surface area contributed by atoms with Gasteiger partial charge in [0.1, 0.15) is 17.6 Å². The standard InChI is InChI=1S/C25H24N2O4/c1-14-12-19(13-15(2)27-14)24(17-4-6-18(7-5-17)25(26)29)31-22-9-8-20-21(28)10-11-30-23(20)16(22)3/h4-9,12-13,24H,10-11H2,1-3H3,(H2,26,29)/t24-/m0/s1. The number of Topliss-reactive ketones (excluding diaryl/α,β-unsaturated/α-hetero) is 1. The molecule has 31 heavy (non-hydrogen) atoms. The third-order valence-electron chi connectivity index (χ3n) is 5.38. The first kappa shape index (κ1) is 20.6. The molecule has 0 saturated carbocycles. The van der Waals surface area contributed by atoms with E-state index in [9.17, 15) is 9.59 Å². The number of nitrogens with two attached hydrogens (primary N) is 1. The number of fused-ring (bicyclic) bond motifs is 1. The van der Waals surface area contributed by atoms with E-state index in [0.29, 0.717) is 35.7 Å². The Kier molecular flexibility index (Phi) is 5.46. The molecule has 6 heteroatoms. The molecule has 1 aliphatic heterocycles. The fraction of sp³-hybridized carbons (Fsp3) is 0.240. The second-order valence-corrected chi connectivity index (χ2v) is 7.75. The number of rotatable bonds is 5. The van der Waals surface area contributed by atoms with Gasteiger partial charge in [-0.25, -0.2) is 0 Å². The molecule has 0 saturated heterocycles. The molecule has 1 atom stereocenters. The van der Waals surface area contributed by atoms with Crippen molar-refractivity contribution in [1.29, 1.82) is 0 Å². The van der Waals surface area contributed by atoms with Crippen LogP contribution in [0.15, 0.2) is 48.5 Å². The molecule has 0 aliphatic carbocycles. The van der Waals surface area contributed by atoms with E-state index in [0.717, 1.165) is 28.1 Å². The first-order valence-corrected chi connectivity index (χ1v) is 10.1. The zero-order chi connectivity index (χ0) is 22.1. The van der Waals surface area contributed by atoms with Crippen molar-refractivity contribution in [1.82, 2.24) is 4.98 Å². The molecule has 2 N–H and O–H groups in total. The molecular formula is C25H24N2O4. The zero-order valence-corrected chi connectivity index (χ0v) is 17.8. The number of aryl methyl sites for hydroxylation is 2. The highest BCUT2D eigenvalue weighted by molar-refractivity contribution is 6.00. The van der Waals surface area contributed by atoms with Gasteiger partial charge in [-0.05, 0) is 62.7 Å². The van der Waals surface area contributed by atoms with Gasteiger partial charge in [0.15, 0.2) is 5.78 Å². The number of amides is 1. The molecule has 3 aromatic rings. The van der Waals surface area contributed by atoms with Crippen LogP contribution in [0.4, 0.5) is 0 Å². The number of hydrogen-bond acceptors (Lipinski definition) is 5. The summed E-state index contributed by atoms with van der Waals surface area (Å²) in [6.45, 7) is 6.14. The van der Waals surface area contributed by atoms with Crippen LogP contribution in [0, 0.1) is 20.8 Å². The number of pyridine rings is 1. The molecule has 4 rings (SSSR count). The summed E-state index contributed by atoms with van der Waals surface area (Å²) in [5.41, 5.74) is 10.8. The SMILES string of the molecule is Cc1cc([C@@H](Oc2ccc3c(c2C)OCCC3=O)c2ccc(C(N)=O)cc2)cc(C)n1. The van der Waals surface area contributed by atoms with Crippen molar-refractivity contribution < 1.29 is 19.1 Å². The third-order valence-corrected chi connectivity index (χ3v) is 5.38. The van der Waals surface area contributed by atoms with Gasteiger partial charge >= 0.3 is 0 Å². The summed E-state index contributed by atoms with van der Waals surface area (Å²) in [6, 6.07) is 14.6. The molecule has 0 bridgehead atoms. The average Bonchev–Trinajstić information content (AvgIpc) is 2.73. The minimum atomic E-state index is -0.480. The number of primary amides is 1. The Morgan fingerprint density at radius 3 is 2.35 bits per heavy atom. The van der Waals surface area contributed by atoms with Crippen LogP contribution in [-0.4, -0.2) is 23.3 Å². The van der Waals surface area contributed by atoms with Crippen molar-refractivity contribution in [2.45, 2.75) is 33.3 Å². The summed E-state index contributed by atoms with van der Waals surface area (Å²) in [6.07, 6.45) is -0.0600. The van der Waals surface area contributed by atoms with Crippen molar-refractivity contribution >= 4 is 11.7 Å². The van der Waals surface area contributed by atoms with E-state index >= 15 is 0 Å². The van der Waals surface area contributed by atoms with Gasteiger partial charge in [0.25, 0.3) is 0 Å². The number of benzene rings is 2. The van der Waals surface area contributed by atoms with Crippen LogP contribution in [0.2, 0.25) is 0 Å². The number of nitrogens with zero attached hydrogens (tertiary/aromatic N) is 1. The van der Waals surface area contributed by atoms with Crippen LogP contribution < -0.4 is 15.2 Å². The predicted molar refractivity (Wildman–Crippen MR) is 117 cm³/mol. The predicted octanol–water partition coefficient (Wildman–Crippen LogP) is 4.24. The lowest BCUT2D eigenvalue weighted by atomic mass is 9.98. The summed E-state index contributed by atoms with van der Waals surface area (Å²) in [4.78, 5) is 28.2. The number of hydrogen-bond donors (Lipinski definition) is 1. The molecule has 0 radical (unpaired) electrons. The Bertz CT molecular complexity index is 1150. The summed E-state index contributed by atoms with van der Waals surface area (Å²) in [5.74, 6) is 0.810. The smallest absolute Gasteiger partial charge is 0.248 e. The van der Waals surface area contributed by atoms with Crippen LogP contribution in [0.3, 0.4) is 0 Å². The van der Waals surface area contributed by atoms with Gasteiger partial charge in [-0.2, -0.15) is 0 Å². The van der Waals surface area contributed by atoms with E-state index < -0.39 is 12.0 Å². The Morgan fingerprint density at radius 1 is 1.03 bits per heavy atom. The summed E-state index contributed by atoms with van der Waals surface area (Å²) < 4.78 is 12.3. The van der Waals surface area contributed by atoms with E-state index in [4.69, 9.17) is 15.2 Å². The second kappa shape index (κ2) is 8.22. The minimum Gasteiger partial charge on any atom is -0.492 e. The van der Waals surface area contributed by atoms with E-state index in [2.05, 4.69) is 4.98 Å². The highest BCUT2D eigenvalue weighted by Gasteiger charge is 2.25. The molecule has 158 valence electrons. The Hall–Kier alpha value is -3.67. The summed E-state index contributed by atoms with van der Waals surface area (Å²) >= 11 is 0. The van der Waals surface area contributed by atoms with Crippen LogP contribution in [-0.2, 0) is 0 Å². The maximum absolute atomic E-state index is 12.2. The van der Waals surface area contributed by atoms with Gasteiger partial charge in [0, 0.05) is 34.5 Å². The van der Waals surface area contributed by atoms with Crippen LogP contribution in [0.25, 0.3) is 0 Å². The molecule has 2 heterocycles. The van der Waals surface area contributed by atoms with Crippen LogP contribution in [0.1, 0.15) is 61.3 Å². The molecular weight excluding hydrogens is 392 g/mol. The number of aromatic nitrogens is 1. The number of ketones is 1. The van der Waals surface area contributed by atoms with E-state index in [1.807, 2.05) is 51.1 Å². The van der Waals surface area contributed by atoms with Gasteiger partial charge < -0.3 is 15.2 Å². The van der Waals surface area contributed by atoms with Crippen molar-refractivity contribution in [3.05, 3.63) is 87.7 Å². The van der Waals surface area contributed by atoms with Gasteiger partial charge in [-0.1, -0.05) is 12.1 Å². The number of carbonyl (C=O) groups excluding carboxylic acids is 2. The van der Waals surface area contributed by atoms with E-state index in [1.54, 1.807) is 18.2 Å². The Balaban J connectivity index is 1.78. The molecule has 6 nitrogen and oxygen atoms in total. The fourth-order valence-corrected chi connectivity index (χ4v) is 3.88. The maximum atomic E-state index is 12.2. The highest BCUT2D eigenvalue weighted by atomic mass is 16.5. The lowest BCUT2D eigenvalue weighted by Gasteiger charge is -2.25. The molecule has 1 amide bonds. The monoisotopic (exact) mass is 416 g/mol. The third kappa shape index (κ3) is 4.14. The van der Waals surface area contributed by atoms with Crippen molar-refractivity contribution in [3.63, 3.8) is 0 Å². The number of ether oxygens (including phenoxy) is 2. The minimum absolute atomic E-state index is 0.0786. The maximum Gasteiger partial charge on any atom is 0.248 e. The van der Waals surface area contributed by atoms with Crippen LogP contribution >= 0.6 is 0 Å². The normalized spacial score (nSPS) is 13.8. The molecule has 1 aromatic heterocycles. The summed E-state index contributed by atoms with van der Waals surface area (Å²) in [7, 11) is 0. The van der Waals surface area contributed by atoms with E-state index in [1.165, 1.54) is 0 Å². The second-order valence-electron chi connectivity index (χ2n) is 7.75. The van der Waals surface area contributed by atoms with Crippen molar-refractivity contribution in [2.24, 2.45) is 5.73 Å². The molecule has 2 aromatic carbocycles. The van der Waals surface area contributed by atoms with Gasteiger partial charge in [-0.3, -0.25) is 14.6 Å². The van der Waals surface area contributed by atoms with E-state index in [-0.39, 0.29) is 5.78 Å². The largest absolute Gasteiger partial charge is 0.492 e. The molecule has 0 unspecified atom stereocenters. The molecule has 1 aliphatic rings. The first-order chi connectivity index (χ1) is 14.8. The van der Waals surface area contributed by atoms with Gasteiger partial charge in [0.05, 0.1) is 12.2 Å².